The van der Waals surface area contributed by atoms with Gasteiger partial charge in [0.05, 0.1) is 6.61 Å². The Labute approximate surface area is 47.8 Å². The lowest BCUT2D eigenvalue weighted by Gasteiger charge is -1.89. The van der Waals surface area contributed by atoms with E-state index < -0.39 is 6.09 Å². The van der Waals surface area contributed by atoms with E-state index in [9.17, 15) is 4.79 Å². The molecule has 0 aromatic carbocycles. The molecule has 0 fully saturated rings. The van der Waals surface area contributed by atoms with Gasteiger partial charge >= 0.3 is 6.09 Å². The van der Waals surface area contributed by atoms with E-state index in [4.69, 9.17) is 11.8 Å². The van der Waals surface area contributed by atoms with E-state index in [2.05, 4.69) is 10.5 Å². The van der Waals surface area contributed by atoms with E-state index in [-0.39, 0.29) is 0 Å². The van der Waals surface area contributed by atoms with Crippen LogP contribution >= 0.6 is 0 Å². The van der Waals surface area contributed by atoms with Crippen LogP contribution in [0.5, 0.6) is 0 Å². The van der Waals surface area contributed by atoms with Gasteiger partial charge in [-0.3, -0.25) is 0 Å². The zero-order valence-corrected chi connectivity index (χ0v) is 4.55. The minimum Gasteiger partial charge on any atom is -0.512 e. The van der Waals surface area contributed by atoms with Gasteiger partial charge in [0.1, 0.15) is 0 Å². The molecule has 0 saturated heterocycles. The van der Waals surface area contributed by atoms with Crippen molar-refractivity contribution in [1.29, 1.82) is 5.26 Å². The second kappa shape index (κ2) is 9.23. The number of amides is 1. The quantitative estimate of drug-likeness (QED) is 0.496. The predicted octanol–water partition coefficient (Wildman–Crippen LogP) is 0.198. The summed E-state index contributed by atoms with van der Waals surface area (Å²) in [5.41, 5.74) is 4.54. The lowest BCUT2D eigenvalue weighted by atomic mass is 10.9. The molecule has 0 unspecified atom stereocenters. The summed E-state index contributed by atoms with van der Waals surface area (Å²) in [7, 11) is 0. The van der Waals surface area contributed by atoms with Gasteiger partial charge in [-0.1, -0.05) is 0 Å². The van der Waals surface area contributed by atoms with E-state index in [1.165, 1.54) is 0 Å². The van der Waals surface area contributed by atoms with Crippen molar-refractivity contribution in [3.63, 3.8) is 0 Å². The summed E-state index contributed by atoms with van der Waals surface area (Å²) in [4.78, 5) is 9.60. The second-order valence-corrected chi connectivity index (χ2v) is 0.752. The summed E-state index contributed by atoms with van der Waals surface area (Å²) in [5.74, 6) is 0. The van der Waals surface area contributed by atoms with Gasteiger partial charge in [-0.15, -0.1) is 0 Å². The average molecular weight is 115 g/mol. The number of carbonyl (C=O) groups excluding carboxylic acids is 1. The SMILES string of the molecule is CCOC(N)=O.[C-]#N. The zero-order valence-electron chi connectivity index (χ0n) is 4.55. The fourth-order valence-corrected chi connectivity index (χ4v) is 0.142. The van der Waals surface area contributed by atoms with Gasteiger partial charge in [0.15, 0.2) is 0 Å². The molecule has 0 aliphatic rings. The maximum absolute atomic E-state index is 9.60. The highest BCUT2D eigenvalue weighted by molar-refractivity contribution is 5.64. The molecule has 0 aromatic rings. The van der Waals surface area contributed by atoms with Crippen LogP contribution in [0.1, 0.15) is 6.92 Å². The highest BCUT2D eigenvalue weighted by Gasteiger charge is 1.82. The van der Waals surface area contributed by atoms with Crippen LogP contribution in [0.25, 0.3) is 0 Å². The summed E-state index contributed by atoms with van der Waals surface area (Å²) < 4.78 is 4.18. The van der Waals surface area contributed by atoms with Crippen molar-refractivity contribution in [1.82, 2.24) is 0 Å². The molecule has 0 radical (unpaired) electrons. The maximum atomic E-state index is 9.60. The minimum absolute atomic E-state index is 0.356. The number of primary amides is 1. The lowest BCUT2D eigenvalue weighted by molar-refractivity contribution is 0.163. The lowest BCUT2D eigenvalue weighted by Crippen LogP contribution is -2.11. The standard InChI is InChI=1S/C3H7NO2.CN/c1-2-6-3(4)5;1-2/h2H2,1H3,(H2,4,5);/q;-1. The molecule has 8 heavy (non-hydrogen) atoms. The summed E-state index contributed by atoms with van der Waals surface area (Å²) in [6, 6.07) is 0. The van der Waals surface area contributed by atoms with E-state index in [1.807, 2.05) is 0 Å². The van der Waals surface area contributed by atoms with Crippen LogP contribution in [0.2, 0.25) is 0 Å². The Morgan fingerprint density at radius 3 is 2.25 bits per heavy atom. The first kappa shape index (κ1) is 9.90. The number of hydrogen-bond acceptors (Lipinski definition) is 3. The normalized spacial score (nSPS) is 5.88. The molecule has 0 saturated carbocycles. The zero-order chi connectivity index (χ0) is 6.99. The van der Waals surface area contributed by atoms with E-state index >= 15 is 0 Å². The highest BCUT2D eigenvalue weighted by atomic mass is 16.5. The Kier molecular flexibility index (Phi) is 11.4. The van der Waals surface area contributed by atoms with Gasteiger partial charge < -0.3 is 22.3 Å². The largest absolute Gasteiger partial charge is 0.512 e. The minimum atomic E-state index is -0.711. The molecule has 0 rings (SSSR count). The van der Waals surface area contributed by atoms with Gasteiger partial charge in [0.25, 0.3) is 0 Å². The molecule has 2 N–H and O–H groups in total. The molecule has 0 atom stereocenters. The first-order valence-corrected chi connectivity index (χ1v) is 1.92. The Hall–Kier alpha value is -1.24. The van der Waals surface area contributed by atoms with Crippen molar-refractivity contribution in [3.8, 4) is 0 Å². The number of carbonyl (C=O) groups is 1. The molecule has 0 bridgehead atoms. The molecule has 0 aliphatic heterocycles. The van der Waals surface area contributed by atoms with Gasteiger partial charge in [-0.25, -0.2) is 4.79 Å². The summed E-state index contributed by atoms with van der Waals surface area (Å²) in [5, 5.41) is 6.25. The Bertz CT molecular complexity index is 79.4. The molecular weight excluding hydrogens is 108 g/mol. The van der Waals surface area contributed by atoms with Crippen LogP contribution in [0.15, 0.2) is 0 Å². The smallest absolute Gasteiger partial charge is 0.404 e. The van der Waals surface area contributed by atoms with Crippen LogP contribution in [-0.2, 0) is 4.74 Å². The molecule has 1 amide bonds. The van der Waals surface area contributed by atoms with Crippen molar-refractivity contribution in [2.24, 2.45) is 5.73 Å². The van der Waals surface area contributed by atoms with Gasteiger partial charge in [-0.2, -0.15) is 0 Å². The summed E-state index contributed by atoms with van der Waals surface area (Å²) in [6.07, 6.45) is -0.711. The molecule has 4 heteroatoms. The Balaban J connectivity index is 0. The van der Waals surface area contributed by atoms with E-state index in [0.717, 1.165) is 0 Å². The third-order valence-electron chi connectivity index (χ3n) is 0.287. The fraction of sp³-hybridized carbons (Fsp3) is 0.500. The van der Waals surface area contributed by atoms with Crippen LogP contribution < -0.4 is 5.73 Å². The first-order valence-electron chi connectivity index (χ1n) is 1.92. The number of rotatable bonds is 1. The van der Waals surface area contributed by atoms with Crippen molar-refractivity contribution < 1.29 is 9.53 Å². The number of nitrogens with zero attached hydrogens (tertiary/aromatic N) is 1. The molecule has 0 aromatic heterocycles. The molecule has 0 heterocycles. The van der Waals surface area contributed by atoms with Crippen LogP contribution in [0.4, 0.5) is 4.79 Å². The van der Waals surface area contributed by atoms with Gasteiger partial charge in [0.2, 0.25) is 0 Å². The number of hydrogen-bond donors (Lipinski definition) is 1. The maximum Gasteiger partial charge on any atom is 0.404 e. The Morgan fingerprint density at radius 2 is 2.25 bits per heavy atom. The van der Waals surface area contributed by atoms with Gasteiger partial charge in [-0.05, 0) is 6.92 Å². The van der Waals surface area contributed by atoms with Crippen LogP contribution in [0, 0.1) is 11.8 Å². The number of nitrogens with two attached hydrogens (primary N) is 1. The summed E-state index contributed by atoms with van der Waals surface area (Å²) >= 11 is 0. The first-order chi connectivity index (χ1) is 3.77. The molecule has 46 valence electrons. The van der Waals surface area contributed by atoms with Crippen molar-refractivity contribution in [3.05, 3.63) is 6.57 Å². The topological polar surface area (TPSA) is 76.1 Å². The molecule has 0 spiro atoms. The average Bonchev–Trinajstić information content (AvgIpc) is 1.72. The predicted molar refractivity (Wildman–Crippen MR) is 26.2 cm³/mol. The van der Waals surface area contributed by atoms with Crippen molar-refractivity contribution in [2.75, 3.05) is 6.61 Å². The molecule has 0 aliphatic carbocycles. The van der Waals surface area contributed by atoms with Crippen molar-refractivity contribution >= 4 is 6.09 Å². The fourth-order valence-electron chi connectivity index (χ4n) is 0.142. The third-order valence-corrected chi connectivity index (χ3v) is 0.287. The highest BCUT2D eigenvalue weighted by Crippen LogP contribution is 1.66. The molecule has 4 nitrogen and oxygen atoms in total. The van der Waals surface area contributed by atoms with Crippen molar-refractivity contribution in [2.45, 2.75) is 6.92 Å². The van der Waals surface area contributed by atoms with Crippen LogP contribution in [-0.4, -0.2) is 12.7 Å². The third kappa shape index (κ3) is 21.7. The monoisotopic (exact) mass is 115 g/mol. The second-order valence-electron chi connectivity index (χ2n) is 0.752. The molecular formula is C4H7N2O2-. The van der Waals surface area contributed by atoms with Crippen LogP contribution in [0.3, 0.4) is 0 Å². The van der Waals surface area contributed by atoms with Gasteiger partial charge in [0, 0.05) is 0 Å². The Morgan fingerprint density at radius 1 is 1.88 bits per heavy atom. The van der Waals surface area contributed by atoms with E-state index in [0.29, 0.717) is 6.61 Å². The summed E-state index contributed by atoms with van der Waals surface area (Å²) in [6.45, 7) is 6.81. The van der Waals surface area contributed by atoms with E-state index in [1.54, 1.807) is 6.92 Å². The number of ether oxygens (including phenoxy) is 1.